The Morgan fingerprint density at radius 3 is 3.30 bits per heavy atom. The van der Waals surface area contributed by atoms with Gasteiger partial charge in [0.15, 0.2) is 17.3 Å². The molecule has 0 saturated carbocycles. The van der Waals surface area contributed by atoms with E-state index in [9.17, 15) is 14.7 Å². The number of aromatic hydroxyl groups is 1. The fraction of sp³-hybridized carbons (Fsp3) is 0.611. The lowest BCUT2D eigenvalue weighted by molar-refractivity contribution is 0.0945. The Kier molecular flexibility index (Phi) is 2.43. The average Bonchev–Trinajstić information content (AvgIpc) is 3.21. The minimum Gasteiger partial charge on any atom is -0.505 e. The summed E-state index contributed by atoms with van der Waals surface area (Å²) in [6.07, 6.45) is -8.36. The lowest BCUT2D eigenvalue weighted by Gasteiger charge is -2.30. The number of amides is 1. The summed E-state index contributed by atoms with van der Waals surface area (Å²) in [7, 11) is 0. The minimum absolute atomic E-state index is 0.0420. The van der Waals surface area contributed by atoms with Crippen molar-refractivity contribution in [3.63, 3.8) is 0 Å². The van der Waals surface area contributed by atoms with Gasteiger partial charge in [-0.15, -0.1) is 0 Å². The van der Waals surface area contributed by atoms with Gasteiger partial charge in [-0.05, 0) is 44.9 Å². The summed E-state index contributed by atoms with van der Waals surface area (Å²) in [6, 6.07) is 0. The van der Waals surface area contributed by atoms with E-state index < -0.39 is 97.6 Å². The maximum Gasteiger partial charge on any atom is 0.268 e. The first-order valence-electron chi connectivity index (χ1n) is 15.9. The van der Waals surface area contributed by atoms with Gasteiger partial charge >= 0.3 is 0 Å². The third kappa shape index (κ3) is 4.28. The van der Waals surface area contributed by atoms with Crippen LogP contribution in [-0.2, 0) is 6.50 Å². The molecule has 2 aromatic heterocycles. The number of carbonyl (C=O) groups is 1. The molecular weight excluding hydrogens is 388 g/mol. The number of likely N-dealkylation sites (tertiary alicyclic amines) is 1. The zero-order valence-corrected chi connectivity index (χ0v) is 15.3. The summed E-state index contributed by atoms with van der Waals surface area (Å²) in [4.78, 5) is 29.9. The lowest BCUT2D eigenvalue weighted by atomic mass is 10.0. The van der Waals surface area contributed by atoms with Gasteiger partial charge in [0.25, 0.3) is 11.5 Å². The van der Waals surface area contributed by atoms with Crippen LogP contribution in [-0.4, -0.2) is 51.5 Å². The molecule has 0 spiro atoms. The van der Waals surface area contributed by atoms with E-state index in [4.69, 9.17) is 34.9 Å². The molecule has 1 unspecified atom stereocenters. The fourth-order valence-electron chi connectivity index (χ4n) is 2.19. The van der Waals surface area contributed by atoms with Gasteiger partial charge in [0.05, 0.1) is 0 Å². The number of hydrogen-bond donors (Lipinski definition) is 2. The molecule has 3 rings (SSSR count). The molecule has 2 N–H and O–H groups in total. The maximum atomic E-state index is 13.3. The number of thiazole rings is 1. The number of nitrogens with one attached hydrogen (secondary N) is 1. The van der Waals surface area contributed by atoms with Crippen molar-refractivity contribution in [3.8, 4) is 5.75 Å². The first-order valence-corrected chi connectivity index (χ1v) is 8.61. The van der Waals surface area contributed by atoms with Gasteiger partial charge in [-0.2, -0.15) is 0 Å². The smallest absolute Gasteiger partial charge is 0.268 e. The predicted molar refractivity (Wildman–Crippen MR) is 108 cm³/mol. The van der Waals surface area contributed by atoms with Gasteiger partial charge in [0.1, 0.15) is 10.3 Å². The van der Waals surface area contributed by atoms with E-state index in [2.05, 4.69) is 4.98 Å². The molecule has 1 amide bonds. The number of carbonyl (C=O) groups excluding carboxylic acids is 1. The minimum atomic E-state index is -3.75. The quantitative estimate of drug-likeness (QED) is 0.737. The van der Waals surface area contributed by atoms with Gasteiger partial charge in [-0.3, -0.25) is 14.2 Å². The summed E-state index contributed by atoms with van der Waals surface area (Å²) in [5.41, 5.74) is -3.80. The van der Waals surface area contributed by atoms with Crippen LogP contribution >= 0.6 is 22.9 Å². The van der Waals surface area contributed by atoms with Crippen molar-refractivity contribution in [1.29, 1.82) is 0 Å². The van der Waals surface area contributed by atoms with Crippen LogP contribution in [0.3, 0.4) is 0 Å². The van der Waals surface area contributed by atoms with E-state index in [0.717, 1.165) is 0 Å². The van der Waals surface area contributed by atoms with Crippen molar-refractivity contribution >= 4 is 39.2 Å². The maximum absolute atomic E-state index is 13.3. The van der Waals surface area contributed by atoms with Gasteiger partial charge < -0.3 is 15.3 Å². The van der Waals surface area contributed by atoms with E-state index in [1.165, 1.54) is 0 Å². The van der Waals surface area contributed by atoms with Crippen LogP contribution in [0.25, 0.3) is 10.3 Å². The van der Waals surface area contributed by atoms with Crippen molar-refractivity contribution in [3.05, 3.63) is 20.4 Å². The van der Waals surface area contributed by atoms with Gasteiger partial charge in [-0.25, -0.2) is 4.98 Å². The molecule has 1 saturated heterocycles. The highest BCUT2D eigenvalue weighted by molar-refractivity contribution is 7.22. The second kappa shape index (κ2) is 8.58. The Labute approximate surface area is 190 Å². The van der Waals surface area contributed by atoms with Crippen LogP contribution in [0.15, 0.2) is 4.79 Å². The van der Waals surface area contributed by atoms with E-state index in [1.807, 2.05) is 0 Å². The monoisotopic (exact) mass is 429 g/mol. The van der Waals surface area contributed by atoms with Gasteiger partial charge in [0, 0.05) is 41.5 Å². The average molecular weight is 430 g/mol. The summed E-state index contributed by atoms with van der Waals surface area (Å²) >= 11 is 6.27. The highest BCUT2D eigenvalue weighted by Crippen LogP contribution is 2.33. The highest BCUT2D eigenvalue weighted by atomic mass is 35.5. The molecule has 1 atom stereocenters. The first-order chi connectivity index (χ1) is 19.4. The van der Waals surface area contributed by atoms with E-state index in [-0.39, 0.29) is 19.2 Å². The van der Waals surface area contributed by atoms with Crippen molar-refractivity contribution in [2.24, 2.45) is 5.89 Å². The number of halogens is 1. The van der Waals surface area contributed by atoms with Crippen LogP contribution in [0, 0.1) is 5.89 Å². The lowest BCUT2D eigenvalue weighted by Crippen LogP contribution is -2.37. The normalized spacial score (nSPS) is 39.1. The molecule has 148 valence electrons. The SMILES string of the molecule is [2H]N(CCC([2H])([2H])N1C([2H])([2H])C([2H])([2H])C([2H])([2H])C([2H])(C)C1([2H])[2H])C(=O)c1c(O)c2sc(Cl)nc2n(C([2H])([2H])C([2H])([2H])[2H])c1=O. The molecule has 2 aromatic rings. The molecule has 1 fully saturated rings. The van der Waals surface area contributed by atoms with Crippen LogP contribution in [0.5, 0.6) is 5.75 Å². The Bertz CT molecular complexity index is 1520. The number of piperidine rings is 1. The van der Waals surface area contributed by atoms with Crippen molar-refractivity contribution in [1.82, 2.24) is 19.8 Å². The van der Waals surface area contributed by atoms with E-state index in [1.54, 1.807) is 0 Å². The number of rotatable bonds is 6. The van der Waals surface area contributed by atoms with Crippen LogP contribution in [0.4, 0.5) is 0 Å². The van der Waals surface area contributed by atoms with Crippen molar-refractivity contribution in [2.45, 2.75) is 39.4 Å². The number of fused-ring (bicyclic) bond motifs is 1. The van der Waals surface area contributed by atoms with Crippen molar-refractivity contribution < 1.29 is 33.2 Å². The molecule has 0 aromatic carbocycles. The number of pyridine rings is 1. The molecular formula is C18H25ClN4O3S. The largest absolute Gasteiger partial charge is 0.505 e. The number of aromatic nitrogens is 2. The standard InChI is InChI=1S/C18H25ClN4O3S/c1-3-23-15-14(27-18(19)21-15)13(24)12(17(23)26)16(25)20-7-5-9-22-8-4-6-11(2)10-22/h11,24H,3-10H2,1-2H3,(H,20,25)/i1D3,3D2,4D2,6D2,8D2,9D2,10D2,11D/hD. The Hall–Kier alpha value is -1.64. The Morgan fingerprint density at radius 1 is 1.70 bits per heavy atom. The summed E-state index contributed by atoms with van der Waals surface area (Å²) < 4.78 is 136. The molecule has 27 heavy (non-hydrogen) atoms. The Morgan fingerprint density at radius 2 is 2.52 bits per heavy atom. The molecule has 3 heterocycles. The predicted octanol–water partition coefficient (Wildman–Crippen LogP) is 2.69. The molecule has 1 aliphatic rings. The van der Waals surface area contributed by atoms with Gasteiger partial charge in [-0.1, -0.05) is 29.9 Å². The third-order valence-electron chi connectivity index (χ3n) is 3.32. The Balaban J connectivity index is 2.08. The zero-order chi connectivity index (χ0) is 34.6. The van der Waals surface area contributed by atoms with Crippen LogP contribution in [0.1, 0.15) is 65.2 Å². The summed E-state index contributed by atoms with van der Waals surface area (Å²) in [6.45, 7) is -18.2. The molecule has 0 radical (unpaired) electrons. The van der Waals surface area contributed by atoms with Crippen LogP contribution in [0.2, 0.25) is 5.88 Å². The van der Waals surface area contributed by atoms with E-state index >= 15 is 0 Å². The second-order valence-corrected chi connectivity index (χ2v) is 6.71. The molecule has 7 nitrogen and oxygen atoms in total. The second-order valence-electron chi connectivity index (χ2n) is 5.12. The third-order valence-corrected chi connectivity index (χ3v) is 4.48. The summed E-state index contributed by atoms with van der Waals surface area (Å²) in [5.74, 6) is -5.98. The highest BCUT2D eigenvalue weighted by Gasteiger charge is 2.24. The zero-order valence-electron chi connectivity index (χ0n) is 30.8. The summed E-state index contributed by atoms with van der Waals surface area (Å²) in [5, 5.41) is 10.6. The molecule has 0 aliphatic carbocycles. The molecule has 9 heteroatoms. The van der Waals surface area contributed by atoms with Crippen LogP contribution < -0.4 is 10.9 Å². The topological polar surface area (TPSA) is 87.5 Å². The number of nitrogens with zero attached hydrogens (tertiary/aromatic N) is 3. The number of aryl methyl sites for hydroxylation is 1. The van der Waals surface area contributed by atoms with Crippen molar-refractivity contribution in [2.75, 3.05) is 26.0 Å². The van der Waals surface area contributed by atoms with Gasteiger partial charge in [0.2, 0.25) is 0 Å². The first kappa shape index (κ1) is 7.65. The number of hydrogen-bond acceptors (Lipinski definition) is 6. The molecule has 0 bridgehead atoms. The molecule has 1 aliphatic heterocycles. The fourth-order valence-corrected chi connectivity index (χ4v) is 3.23. The van der Waals surface area contributed by atoms with E-state index in [0.29, 0.717) is 18.3 Å².